The van der Waals surface area contributed by atoms with Crippen LogP contribution in [0.1, 0.15) is 19.3 Å². The molecule has 1 atom stereocenters. The minimum absolute atomic E-state index is 0.0433. The highest BCUT2D eigenvalue weighted by atomic mass is 16.3. The van der Waals surface area contributed by atoms with Gasteiger partial charge in [0.05, 0.1) is 12.0 Å². The lowest BCUT2D eigenvalue weighted by Crippen LogP contribution is -2.55. The third-order valence-electron chi connectivity index (χ3n) is 3.67. The fourth-order valence-electron chi connectivity index (χ4n) is 2.53. The molecule has 3 rings (SSSR count). The summed E-state index contributed by atoms with van der Waals surface area (Å²) in [6.45, 7) is 1.47. The number of carbonyl (C=O) groups excluding carboxylic acids is 2. The summed E-state index contributed by atoms with van der Waals surface area (Å²) in [5.74, 6) is 0.00400. The van der Waals surface area contributed by atoms with Crippen molar-refractivity contribution in [3.8, 4) is 0 Å². The van der Waals surface area contributed by atoms with Gasteiger partial charge < -0.3 is 14.9 Å². The van der Waals surface area contributed by atoms with Gasteiger partial charge in [-0.25, -0.2) is 0 Å². The monoisotopic (exact) mass is 224 g/mol. The Morgan fingerprint density at radius 2 is 1.94 bits per heavy atom. The van der Waals surface area contributed by atoms with E-state index in [1.54, 1.807) is 4.90 Å². The summed E-state index contributed by atoms with van der Waals surface area (Å²) >= 11 is 0. The molecule has 0 radical (unpaired) electrons. The van der Waals surface area contributed by atoms with Crippen LogP contribution in [-0.2, 0) is 9.59 Å². The zero-order chi connectivity index (χ0) is 11.3. The maximum Gasteiger partial charge on any atom is 0.228 e. The van der Waals surface area contributed by atoms with Crippen molar-refractivity contribution in [3.63, 3.8) is 0 Å². The van der Waals surface area contributed by atoms with E-state index in [2.05, 4.69) is 0 Å². The number of hydrogen-bond acceptors (Lipinski definition) is 3. The lowest BCUT2D eigenvalue weighted by Gasteiger charge is -2.37. The molecule has 5 nitrogen and oxygen atoms in total. The molecule has 2 amide bonds. The van der Waals surface area contributed by atoms with E-state index in [4.69, 9.17) is 5.11 Å². The third-order valence-corrected chi connectivity index (χ3v) is 3.67. The molecule has 3 fully saturated rings. The Labute approximate surface area is 94.0 Å². The molecule has 2 heterocycles. The zero-order valence-corrected chi connectivity index (χ0v) is 9.13. The Balaban J connectivity index is 1.59. The van der Waals surface area contributed by atoms with Crippen LogP contribution in [-0.4, -0.2) is 58.5 Å². The number of carbonyl (C=O) groups is 2. The number of hydrogen-bond donors (Lipinski definition) is 1. The highest BCUT2D eigenvalue weighted by Crippen LogP contribution is 2.33. The Kier molecular flexibility index (Phi) is 2.17. The number of nitrogens with zero attached hydrogens (tertiary/aromatic N) is 2. The summed E-state index contributed by atoms with van der Waals surface area (Å²) in [5, 5.41) is 9.14. The first-order chi connectivity index (χ1) is 7.65. The largest absolute Gasteiger partial charge is 0.389 e. The predicted octanol–water partition coefficient (Wildman–Crippen LogP) is -0.800. The van der Waals surface area contributed by atoms with E-state index in [1.165, 1.54) is 0 Å². The molecule has 88 valence electrons. The Bertz CT molecular complexity index is 334. The van der Waals surface area contributed by atoms with Crippen LogP contribution < -0.4 is 0 Å². The van der Waals surface area contributed by atoms with E-state index in [0.717, 1.165) is 12.8 Å². The molecule has 5 heteroatoms. The van der Waals surface area contributed by atoms with Crippen molar-refractivity contribution >= 4 is 11.8 Å². The SMILES string of the molecule is O=C(C1CC(=O)N(C2CC2)C1)N1CC(O)C1. The predicted molar refractivity (Wildman–Crippen MR) is 55.4 cm³/mol. The molecule has 1 unspecified atom stereocenters. The zero-order valence-electron chi connectivity index (χ0n) is 9.13. The molecule has 0 bridgehead atoms. The first-order valence-electron chi connectivity index (χ1n) is 5.91. The summed E-state index contributed by atoms with van der Waals surface area (Å²) in [5.41, 5.74) is 0. The lowest BCUT2D eigenvalue weighted by atomic mass is 10.0. The van der Waals surface area contributed by atoms with Crippen molar-refractivity contribution in [2.24, 2.45) is 5.92 Å². The second-order valence-electron chi connectivity index (χ2n) is 5.08. The van der Waals surface area contributed by atoms with E-state index >= 15 is 0 Å². The quantitative estimate of drug-likeness (QED) is 0.668. The number of aliphatic hydroxyl groups is 1. The average molecular weight is 224 g/mol. The van der Waals surface area contributed by atoms with E-state index < -0.39 is 0 Å². The summed E-state index contributed by atoms with van der Waals surface area (Å²) in [6, 6.07) is 0.410. The van der Waals surface area contributed by atoms with E-state index in [1.807, 2.05) is 4.90 Å². The van der Waals surface area contributed by atoms with Crippen molar-refractivity contribution < 1.29 is 14.7 Å². The molecular weight excluding hydrogens is 208 g/mol. The molecule has 2 saturated heterocycles. The first kappa shape index (κ1) is 10.1. The van der Waals surface area contributed by atoms with Crippen molar-refractivity contribution in [2.75, 3.05) is 19.6 Å². The lowest BCUT2D eigenvalue weighted by molar-refractivity contribution is -0.145. The molecule has 0 aromatic heterocycles. The number of β-amino-alcohol motifs (C(OH)–C–C–N with tert-alkyl or cyclic N) is 1. The van der Waals surface area contributed by atoms with E-state index in [9.17, 15) is 9.59 Å². The maximum absolute atomic E-state index is 11.9. The van der Waals surface area contributed by atoms with Gasteiger partial charge in [-0.15, -0.1) is 0 Å². The van der Waals surface area contributed by atoms with E-state index in [-0.39, 0.29) is 23.8 Å². The Morgan fingerprint density at radius 1 is 1.25 bits per heavy atom. The van der Waals surface area contributed by atoms with Gasteiger partial charge in [0, 0.05) is 32.1 Å². The molecule has 16 heavy (non-hydrogen) atoms. The van der Waals surface area contributed by atoms with Gasteiger partial charge in [0.15, 0.2) is 0 Å². The summed E-state index contributed by atoms with van der Waals surface area (Å²) < 4.78 is 0. The van der Waals surface area contributed by atoms with Crippen LogP contribution >= 0.6 is 0 Å². The molecule has 1 aliphatic carbocycles. The number of aliphatic hydroxyl groups excluding tert-OH is 1. The highest BCUT2D eigenvalue weighted by molar-refractivity contribution is 5.90. The molecule has 1 N–H and O–H groups in total. The fourth-order valence-corrected chi connectivity index (χ4v) is 2.53. The topological polar surface area (TPSA) is 60.9 Å². The molecule has 0 aromatic carbocycles. The van der Waals surface area contributed by atoms with Crippen LogP contribution in [0.25, 0.3) is 0 Å². The minimum atomic E-state index is -0.361. The van der Waals surface area contributed by atoms with Crippen LogP contribution in [0.3, 0.4) is 0 Å². The van der Waals surface area contributed by atoms with Gasteiger partial charge in [-0.2, -0.15) is 0 Å². The molecule has 0 aromatic rings. The Hall–Kier alpha value is -1.10. The summed E-state index contributed by atoms with van der Waals surface area (Å²) in [4.78, 5) is 27.1. The smallest absolute Gasteiger partial charge is 0.228 e. The van der Waals surface area contributed by atoms with Crippen molar-refractivity contribution in [1.82, 2.24) is 9.80 Å². The third kappa shape index (κ3) is 1.59. The van der Waals surface area contributed by atoms with Gasteiger partial charge in [0.2, 0.25) is 11.8 Å². The molecule has 1 saturated carbocycles. The van der Waals surface area contributed by atoms with Crippen molar-refractivity contribution in [3.05, 3.63) is 0 Å². The standard InChI is InChI=1S/C11H16N2O3/c14-9-5-12(6-9)11(16)7-3-10(15)13(4-7)8-1-2-8/h7-9,14H,1-6H2. The molecule has 2 aliphatic heterocycles. The first-order valence-corrected chi connectivity index (χ1v) is 5.91. The summed E-state index contributed by atoms with van der Waals surface area (Å²) in [7, 11) is 0. The van der Waals surface area contributed by atoms with Gasteiger partial charge in [0.1, 0.15) is 0 Å². The average Bonchev–Trinajstić information content (AvgIpc) is 2.97. The van der Waals surface area contributed by atoms with Gasteiger partial charge in [0.25, 0.3) is 0 Å². The van der Waals surface area contributed by atoms with E-state index in [0.29, 0.717) is 32.1 Å². The minimum Gasteiger partial charge on any atom is -0.389 e. The molecular formula is C11H16N2O3. The maximum atomic E-state index is 11.9. The number of rotatable bonds is 2. The Morgan fingerprint density at radius 3 is 2.50 bits per heavy atom. The second-order valence-corrected chi connectivity index (χ2v) is 5.08. The van der Waals surface area contributed by atoms with Gasteiger partial charge in [-0.1, -0.05) is 0 Å². The normalized spacial score (nSPS) is 30.8. The van der Waals surface area contributed by atoms with Crippen molar-refractivity contribution in [2.45, 2.75) is 31.4 Å². The second kappa shape index (κ2) is 3.45. The van der Waals surface area contributed by atoms with Gasteiger partial charge >= 0.3 is 0 Å². The fraction of sp³-hybridized carbons (Fsp3) is 0.818. The molecule has 3 aliphatic rings. The number of likely N-dealkylation sites (tertiary alicyclic amines) is 2. The van der Waals surface area contributed by atoms with Gasteiger partial charge in [-0.3, -0.25) is 9.59 Å². The van der Waals surface area contributed by atoms with Crippen molar-refractivity contribution in [1.29, 1.82) is 0 Å². The van der Waals surface area contributed by atoms with Crippen LogP contribution in [0.15, 0.2) is 0 Å². The van der Waals surface area contributed by atoms with Crippen LogP contribution in [0.2, 0.25) is 0 Å². The van der Waals surface area contributed by atoms with Gasteiger partial charge in [-0.05, 0) is 12.8 Å². The van der Waals surface area contributed by atoms with Crippen LogP contribution in [0, 0.1) is 5.92 Å². The van der Waals surface area contributed by atoms with Crippen LogP contribution in [0.5, 0.6) is 0 Å². The summed E-state index contributed by atoms with van der Waals surface area (Å²) in [6.07, 6.45) is 2.19. The molecule has 0 spiro atoms. The van der Waals surface area contributed by atoms with Crippen LogP contribution in [0.4, 0.5) is 0 Å². The number of amides is 2. The highest BCUT2D eigenvalue weighted by Gasteiger charge is 2.44.